The van der Waals surface area contributed by atoms with Crippen LogP contribution in [0.5, 0.6) is 0 Å². The van der Waals surface area contributed by atoms with Gasteiger partial charge in [-0.15, -0.1) is 0 Å². The lowest BCUT2D eigenvalue weighted by Gasteiger charge is -2.26. The molecule has 0 aromatic heterocycles. The smallest absolute Gasteiger partial charge is 0.305 e. The van der Waals surface area contributed by atoms with Crippen molar-refractivity contribution in [1.29, 1.82) is 0 Å². The molecular weight excluding hydrogens is 208 g/mol. The number of nitrogens with two attached hydrogens (primary N) is 1. The third kappa shape index (κ3) is 6.40. The van der Waals surface area contributed by atoms with Crippen LogP contribution in [0, 0.1) is 5.41 Å². The van der Waals surface area contributed by atoms with Crippen LogP contribution in [0.1, 0.15) is 40.5 Å². The normalized spacial score (nSPS) is 15.3. The van der Waals surface area contributed by atoms with E-state index in [1.165, 1.54) is 0 Å². The lowest BCUT2D eigenvalue weighted by atomic mass is 9.85. The van der Waals surface area contributed by atoms with E-state index in [2.05, 4.69) is 5.32 Å². The van der Waals surface area contributed by atoms with Crippen molar-refractivity contribution < 1.29 is 14.7 Å². The van der Waals surface area contributed by atoms with Crippen LogP contribution >= 0.6 is 0 Å². The summed E-state index contributed by atoms with van der Waals surface area (Å²) in [4.78, 5) is 21.9. The Kier molecular flexibility index (Phi) is 5.44. The lowest BCUT2D eigenvalue weighted by molar-refractivity contribution is -0.137. The SMILES string of the molecule is CC(CC(=O)O)NC(=O)CC(N)C(C)(C)C. The van der Waals surface area contributed by atoms with Crippen LogP contribution in [0.2, 0.25) is 0 Å². The van der Waals surface area contributed by atoms with Crippen LogP contribution in [0.4, 0.5) is 0 Å². The molecule has 1 amide bonds. The molecular formula is C11H22N2O3. The third-order valence-corrected chi connectivity index (χ3v) is 2.41. The van der Waals surface area contributed by atoms with Gasteiger partial charge in [0, 0.05) is 18.5 Å². The van der Waals surface area contributed by atoms with E-state index in [-0.39, 0.29) is 36.2 Å². The van der Waals surface area contributed by atoms with Crippen LogP contribution in [0.15, 0.2) is 0 Å². The van der Waals surface area contributed by atoms with Crippen LogP contribution in [-0.4, -0.2) is 29.1 Å². The lowest BCUT2D eigenvalue weighted by Crippen LogP contribution is -2.42. The summed E-state index contributed by atoms with van der Waals surface area (Å²) in [6.07, 6.45) is 0.143. The second-order valence-electron chi connectivity index (χ2n) is 5.24. The summed E-state index contributed by atoms with van der Waals surface area (Å²) in [6.45, 7) is 7.55. The Morgan fingerprint density at radius 2 is 1.81 bits per heavy atom. The Morgan fingerprint density at radius 3 is 2.19 bits per heavy atom. The zero-order chi connectivity index (χ0) is 12.9. The molecule has 0 spiro atoms. The molecule has 2 unspecified atom stereocenters. The summed E-state index contributed by atoms with van der Waals surface area (Å²) >= 11 is 0. The largest absolute Gasteiger partial charge is 0.481 e. The number of carbonyl (C=O) groups excluding carboxylic acids is 1. The number of aliphatic carboxylic acids is 1. The van der Waals surface area contributed by atoms with Gasteiger partial charge in [-0.2, -0.15) is 0 Å². The van der Waals surface area contributed by atoms with E-state index in [0.29, 0.717) is 0 Å². The molecule has 0 aliphatic rings. The fraction of sp³-hybridized carbons (Fsp3) is 0.818. The van der Waals surface area contributed by atoms with Gasteiger partial charge in [0.2, 0.25) is 5.91 Å². The third-order valence-electron chi connectivity index (χ3n) is 2.41. The second kappa shape index (κ2) is 5.84. The molecule has 5 nitrogen and oxygen atoms in total. The maximum atomic E-state index is 11.5. The summed E-state index contributed by atoms with van der Waals surface area (Å²) in [7, 11) is 0. The van der Waals surface area contributed by atoms with Crippen LogP contribution in [-0.2, 0) is 9.59 Å². The summed E-state index contributed by atoms with van der Waals surface area (Å²) < 4.78 is 0. The van der Waals surface area contributed by atoms with Gasteiger partial charge in [0.05, 0.1) is 6.42 Å². The van der Waals surface area contributed by atoms with Gasteiger partial charge >= 0.3 is 5.97 Å². The van der Waals surface area contributed by atoms with Crippen molar-refractivity contribution in [1.82, 2.24) is 5.32 Å². The van der Waals surface area contributed by atoms with E-state index in [9.17, 15) is 9.59 Å². The Bertz CT molecular complexity index is 258. The molecule has 0 heterocycles. The average Bonchev–Trinajstić information content (AvgIpc) is 1.98. The first kappa shape index (κ1) is 14.9. The minimum Gasteiger partial charge on any atom is -0.481 e. The minimum absolute atomic E-state index is 0.0729. The number of hydrogen-bond acceptors (Lipinski definition) is 3. The summed E-state index contributed by atoms with van der Waals surface area (Å²) in [5.41, 5.74) is 5.72. The maximum absolute atomic E-state index is 11.5. The van der Waals surface area contributed by atoms with Gasteiger partial charge in [0.1, 0.15) is 0 Å². The second-order valence-corrected chi connectivity index (χ2v) is 5.24. The molecule has 0 aromatic carbocycles. The van der Waals surface area contributed by atoms with Crippen molar-refractivity contribution in [2.45, 2.75) is 52.6 Å². The molecule has 0 aliphatic carbocycles. The highest BCUT2D eigenvalue weighted by Gasteiger charge is 2.23. The fourth-order valence-corrected chi connectivity index (χ4v) is 1.15. The van der Waals surface area contributed by atoms with Crippen molar-refractivity contribution in [3.8, 4) is 0 Å². The van der Waals surface area contributed by atoms with E-state index in [4.69, 9.17) is 10.8 Å². The predicted molar refractivity (Wildman–Crippen MR) is 61.9 cm³/mol. The van der Waals surface area contributed by atoms with E-state index in [1.807, 2.05) is 20.8 Å². The van der Waals surface area contributed by atoms with Gasteiger partial charge < -0.3 is 16.2 Å². The van der Waals surface area contributed by atoms with Crippen LogP contribution in [0.3, 0.4) is 0 Å². The summed E-state index contributed by atoms with van der Waals surface area (Å²) in [5.74, 6) is -1.12. The molecule has 4 N–H and O–H groups in total. The molecule has 0 saturated carbocycles. The van der Waals surface area contributed by atoms with E-state index >= 15 is 0 Å². The monoisotopic (exact) mass is 230 g/mol. The summed E-state index contributed by atoms with van der Waals surface area (Å²) in [6, 6.07) is -0.596. The van der Waals surface area contributed by atoms with Gasteiger partial charge in [-0.25, -0.2) is 0 Å². The highest BCUT2D eigenvalue weighted by molar-refractivity contribution is 5.78. The highest BCUT2D eigenvalue weighted by Crippen LogP contribution is 2.19. The number of carbonyl (C=O) groups is 2. The van der Waals surface area contributed by atoms with E-state index in [0.717, 1.165) is 0 Å². The highest BCUT2D eigenvalue weighted by atomic mass is 16.4. The molecule has 0 saturated heterocycles. The first-order chi connectivity index (χ1) is 7.12. The predicted octanol–water partition coefficient (Wildman–Crippen LogP) is 0.729. The maximum Gasteiger partial charge on any atom is 0.305 e. The van der Waals surface area contributed by atoms with Gasteiger partial charge in [-0.05, 0) is 12.3 Å². The fourth-order valence-electron chi connectivity index (χ4n) is 1.15. The van der Waals surface area contributed by atoms with Crippen molar-refractivity contribution in [3.05, 3.63) is 0 Å². The Morgan fingerprint density at radius 1 is 1.31 bits per heavy atom. The molecule has 0 fully saturated rings. The minimum atomic E-state index is -0.923. The number of hydrogen-bond donors (Lipinski definition) is 3. The molecule has 5 heteroatoms. The number of rotatable bonds is 5. The molecule has 2 atom stereocenters. The summed E-state index contributed by atoms with van der Waals surface area (Å²) in [5, 5.41) is 11.1. The molecule has 16 heavy (non-hydrogen) atoms. The zero-order valence-electron chi connectivity index (χ0n) is 10.4. The first-order valence-electron chi connectivity index (χ1n) is 5.39. The van der Waals surface area contributed by atoms with Crippen molar-refractivity contribution in [2.24, 2.45) is 11.1 Å². The molecule has 94 valence electrons. The number of carboxylic acid groups (broad SMARTS) is 1. The van der Waals surface area contributed by atoms with Crippen LogP contribution < -0.4 is 11.1 Å². The topological polar surface area (TPSA) is 92.4 Å². The van der Waals surface area contributed by atoms with Gasteiger partial charge in [0.15, 0.2) is 0 Å². The van der Waals surface area contributed by atoms with Gasteiger partial charge in [-0.1, -0.05) is 20.8 Å². The van der Waals surface area contributed by atoms with Gasteiger partial charge in [0.25, 0.3) is 0 Å². The molecule has 0 radical (unpaired) electrons. The van der Waals surface area contributed by atoms with E-state index in [1.54, 1.807) is 6.92 Å². The molecule has 0 bridgehead atoms. The zero-order valence-corrected chi connectivity index (χ0v) is 10.4. The molecule has 0 aliphatic heterocycles. The Labute approximate surface area is 96.4 Å². The van der Waals surface area contributed by atoms with Crippen LogP contribution in [0.25, 0.3) is 0 Å². The van der Waals surface area contributed by atoms with E-state index < -0.39 is 5.97 Å². The standard InChI is InChI=1S/C11H22N2O3/c1-7(5-10(15)16)13-9(14)6-8(12)11(2,3)4/h7-8H,5-6,12H2,1-4H3,(H,13,14)(H,15,16). The molecule has 0 rings (SSSR count). The quantitative estimate of drug-likeness (QED) is 0.649. The Balaban J connectivity index is 4.04. The number of carboxylic acids is 1. The first-order valence-corrected chi connectivity index (χ1v) is 5.39. The van der Waals surface area contributed by atoms with Gasteiger partial charge in [-0.3, -0.25) is 9.59 Å². The van der Waals surface area contributed by atoms with Crippen molar-refractivity contribution >= 4 is 11.9 Å². The van der Waals surface area contributed by atoms with Crippen molar-refractivity contribution in [2.75, 3.05) is 0 Å². The Hall–Kier alpha value is -1.10. The number of nitrogens with one attached hydrogen (secondary N) is 1. The molecule has 0 aromatic rings. The van der Waals surface area contributed by atoms with Crippen molar-refractivity contribution in [3.63, 3.8) is 0 Å². The average molecular weight is 230 g/mol. The number of amides is 1.